The Hall–Kier alpha value is -7.28. The lowest BCUT2D eigenvalue weighted by molar-refractivity contribution is 0.668. The molecule has 12 rings (SSSR count). The molecule has 0 saturated heterocycles. The minimum absolute atomic E-state index is 0.248. The number of rotatable bonds is 5. The SMILES string of the molecule is c1ccc(C2=NC(c3ccc4c(c3)sc3c(-c5cccc6oc7cc(-n8c9ccccc9c9ccccc98)ccc7c56)cccc34)=NC(c3ccccc3)N2)cc1. The lowest BCUT2D eigenvalue weighted by Gasteiger charge is -2.23. The molecule has 0 bridgehead atoms. The molecule has 4 heterocycles. The first-order valence-electron chi connectivity index (χ1n) is 19.2. The molecular weight excluding hydrogens is 717 g/mol. The third-order valence-corrected chi connectivity index (χ3v) is 12.5. The van der Waals surface area contributed by atoms with Gasteiger partial charge in [-0.25, -0.2) is 9.98 Å². The molecule has 0 radical (unpaired) electrons. The topological polar surface area (TPSA) is 54.8 Å². The fourth-order valence-electron chi connectivity index (χ4n) is 8.66. The number of amidine groups is 2. The number of aromatic nitrogens is 1. The molecule has 8 aromatic carbocycles. The average molecular weight is 749 g/mol. The second-order valence-electron chi connectivity index (χ2n) is 14.6. The highest BCUT2D eigenvalue weighted by Crippen LogP contribution is 2.45. The molecule has 268 valence electrons. The zero-order valence-corrected chi connectivity index (χ0v) is 31.4. The molecule has 11 aromatic rings. The normalized spacial score (nSPS) is 14.5. The molecule has 0 amide bonds. The highest BCUT2D eigenvalue weighted by Gasteiger charge is 2.23. The van der Waals surface area contributed by atoms with Crippen molar-refractivity contribution in [2.45, 2.75) is 6.17 Å². The number of furan rings is 1. The number of nitrogens with one attached hydrogen (secondary N) is 1. The Kier molecular flexibility index (Phi) is 7.09. The molecular formula is C51H32N4OS. The van der Waals surface area contributed by atoms with Gasteiger partial charge in [0.15, 0.2) is 5.84 Å². The van der Waals surface area contributed by atoms with Crippen molar-refractivity contribution in [2.75, 3.05) is 0 Å². The Morgan fingerprint density at radius 1 is 0.526 bits per heavy atom. The van der Waals surface area contributed by atoms with Crippen LogP contribution < -0.4 is 5.32 Å². The van der Waals surface area contributed by atoms with Crippen molar-refractivity contribution in [3.8, 4) is 16.8 Å². The summed E-state index contributed by atoms with van der Waals surface area (Å²) in [6.45, 7) is 0. The zero-order chi connectivity index (χ0) is 37.5. The maximum atomic E-state index is 6.67. The maximum absolute atomic E-state index is 6.67. The first-order chi connectivity index (χ1) is 28.2. The van der Waals surface area contributed by atoms with Crippen molar-refractivity contribution < 1.29 is 4.42 Å². The van der Waals surface area contributed by atoms with Gasteiger partial charge in [0.1, 0.15) is 23.2 Å². The highest BCUT2D eigenvalue weighted by molar-refractivity contribution is 7.26. The molecule has 3 aromatic heterocycles. The van der Waals surface area contributed by atoms with Crippen molar-refractivity contribution in [1.82, 2.24) is 9.88 Å². The molecule has 0 fully saturated rings. The van der Waals surface area contributed by atoms with Gasteiger partial charge in [-0.1, -0.05) is 140 Å². The first-order valence-corrected chi connectivity index (χ1v) is 20.0. The van der Waals surface area contributed by atoms with E-state index in [4.69, 9.17) is 14.4 Å². The summed E-state index contributed by atoms with van der Waals surface area (Å²) >= 11 is 1.82. The van der Waals surface area contributed by atoms with Gasteiger partial charge >= 0.3 is 0 Å². The van der Waals surface area contributed by atoms with E-state index >= 15 is 0 Å². The summed E-state index contributed by atoms with van der Waals surface area (Å²) < 4.78 is 11.5. The van der Waals surface area contributed by atoms with Crippen LogP contribution in [0.3, 0.4) is 0 Å². The van der Waals surface area contributed by atoms with E-state index in [1.807, 2.05) is 35.6 Å². The maximum Gasteiger partial charge on any atom is 0.159 e. The van der Waals surface area contributed by atoms with Gasteiger partial charge in [0.05, 0.1) is 11.0 Å². The second kappa shape index (κ2) is 12.6. The number of benzene rings is 8. The Morgan fingerprint density at radius 3 is 2.02 bits per heavy atom. The molecule has 0 aliphatic carbocycles. The third-order valence-electron chi connectivity index (χ3n) is 11.3. The Balaban J connectivity index is 0.986. The van der Waals surface area contributed by atoms with Gasteiger partial charge < -0.3 is 14.3 Å². The highest BCUT2D eigenvalue weighted by atomic mass is 32.1. The van der Waals surface area contributed by atoms with E-state index in [1.165, 1.54) is 53.1 Å². The molecule has 1 unspecified atom stereocenters. The number of hydrogen-bond acceptors (Lipinski definition) is 5. The molecule has 1 atom stereocenters. The molecule has 1 aliphatic heterocycles. The number of thiophene rings is 1. The Labute approximate surface area is 331 Å². The summed E-state index contributed by atoms with van der Waals surface area (Å²) in [5.41, 5.74) is 10.7. The van der Waals surface area contributed by atoms with E-state index in [1.54, 1.807) is 0 Å². The smallest absolute Gasteiger partial charge is 0.159 e. The van der Waals surface area contributed by atoms with Crippen LogP contribution >= 0.6 is 11.3 Å². The molecule has 1 aliphatic rings. The van der Waals surface area contributed by atoms with E-state index in [-0.39, 0.29) is 6.17 Å². The predicted octanol–water partition coefficient (Wildman–Crippen LogP) is 13.2. The van der Waals surface area contributed by atoms with Crippen molar-refractivity contribution in [3.05, 3.63) is 199 Å². The third kappa shape index (κ3) is 5.08. The van der Waals surface area contributed by atoms with Crippen LogP contribution in [0.5, 0.6) is 0 Å². The minimum atomic E-state index is -0.248. The van der Waals surface area contributed by atoms with Crippen LogP contribution in [-0.2, 0) is 0 Å². The number of aliphatic imine (C=N–C) groups is 2. The number of hydrogen-bond donors (Lipinski definition) is 1. The first kappa shape index (κ1) is 32.0. The zero-order valence-electron chi connectivity index (χ0n) is 30.6. The lowest BCUT2D eigenvalue weighted by atomic mass is 9.97. The lowest BCUT2D eigenvalue weighted by Crippen LogP contribution is -2.33. The van der Waals surface area contributed by atoms with Gasteiger partial charge in [0, 0.05) is 70.2 Å². The van der Waals surface area contributed by atoms with Gasteiger partial charge in [-0.15, -0.1) is 11.3 Å². The molecule has 0 spiro atoms. The minimum Gasteiger partial charge on any atom is -0.456 e. The van der Waals surface area contributed by atoms with Crippen LogP contribution in [0.1, 0.15) is 22.9 Å². The standard InChI is InChI=1S/C51H32N4OS/c1-3-13-31(14-4-1)49-52-50(32-15-5-2-6-16-32)54-51(53-49)33-25-27-37-39-20-11-21-40(48(39)57-46(37)29-33)38-19-12-24-44-47(38)41-28-26-34(30-45(41)56-44)55-42-22-9-7-17-35(42)36-18-8-10-23-43(36)55/h1-30,49H,(H,52,53,54). The average Bonchev–Trinajstić information content (AvgIpc) is 3.96. The fourth-order valence-corrected chi connectivity index (χ4v) is 9.93. The predicted molar refractivity (Wildman–Crippen MR) is 238 cm³/mol. The molecule has 1 N–H and O–H groups in total. The molecule has 0 saturated carbocycles. The van der Waals surface area contributed by atoms with E-state index in [2.05, 4.69) is 168 Å². The quantitative estimate of drug-likeness (QED) is 0.191. The van der Waals surface area contributed by atoms with Gasteiger partial charge in [-0.3, -0.25) is 0 Å². The van der Waals surface area contributed by atoms with Crippen LogP contribution in [0.15, 0.2) is 196 Å². The number of para-hydroxylation sites is 2. The second-order valence-corrected chi connectivity index (χ2v) is 15.6. The summed E-state index contributed by atoms with van der Waals surface area (Å²) in [5, 5.41) is 10.8. The van der Waals surface area contributed by atoms with Gasteiger partial charge in [0.2, 0.25) is 0 Å². The monoisotopic (exact) mass is 748 g/mol. The molecule has 57 heavy (non-hydrogen) atoms. The number of nitrogens with zero attached hydrogens (tertiary/aromatic N) is 3. The summed E-state index contributed by atoms with van der Waals surface area (Å²) in [6, 6.07) is 64.3. The van der Waals surface area contributed by atoms with Crippen molar-refractivity contribution >= 4 is 86.9 Å². The van der Waals surface area contributed by atoms with Gasteiger partial charge in [0.25, 0.3) is 0 Å². The number of fused-ring (bicyclic) bond motifs is 9. The molecule has 5 nitrogen and oxygen atoms in total. The van der Waals surface area contributed by atoms with Gasteiger partial charge in [-0.05, 0) is 47.5 Å². The van der Waals surface area contributed by atoms with E-state index in [0.717, 1.165) is 56.0 Å². The van der Waals surface area contributed by atoms with Crippen molar-refractivity contribution in [1.29, 1.82) is 0 Å². The van der Waals surface area contributed by atoms with Crippen LogP contribution in [0.25, 0.3) is 80.7 Å². The molecule has 6 heteroatoms. The van der Waals surface area contributed by atoms with Crippen molar-refractivity contribution in [2.24, 2.45) is 9.98 Å². The Bertz CT molecular complexity index is 3390. The summed E-state index contributed by atoms with van der Waals surface area (Å²) in [6.07, 6.45) is -0.248. The fraction of sp³-hybridized carbons (Fsp3) is 0.0196. The van der Waals surface area contributed by atoms with E-state index in [9.17, 15) is 0 Å². The van der Waals surface area contributed by atoms with Crippen molar-refractivity contribution in [3.63, 3.8) is 0 Å². The van der Waals surface area contributed by atoms with Crippen LogP contribution in [-0.4, -0.2) is 16.2 Å². The van der Waals surface area contributed by atoms with Crippen LogP contribution in [0, 0.1) is 0 Å². The Morgan fingerprint density at radius 2 is 1.21 bits per heavy atom. The van der Waals surface area contributed by atoms with Crippen LogP contribution in [0.4, 0.5) is 0 Å². The largest absolute Gasteiger partial charge is 0.456 e. The van der Waals surface area contributed by atoms with Crippen LogP contribution in [0.2, 0.25) is 0 Å². The summed E-state index contributed by atoms with van der Waals surface area (Å²) in [7, 11) is 0. The summed E-state index contributed by atoms with van der Waals surface area (Å²) in [5.74, 6) is 1.53. The summed E-state index contributed by atoms with van der Waals surface area (Å²) in [4.78, 5) is 10.2. The van der Waals surface area contributed by atoms with E-state index in [0.29, 0.717) is 0 Å². The van der Waals surface area contributed by atoms with Gasteiger partial charge in [-0.2, -0.15) is 0 Å². The van der Waals surface area contributed by atoms with E-state index < -0.39 is 0 Å².